The number of anilines is 5. The van der Waals surface area contributed by atoms with Gasteiger partial charge in [0.2, 0.25) is 5.95 Å². The molecule has 1 amide bonds. The Labute approximate surface area is 212 Å². The Kier molecular flexibility index (Phi) is 7.69. The topological polar surface area (TPSA) is 101 Å². The summed E-state index contributed by atoms with van der Waals surface area (Å²) in [5.41, 5.74) is 2.59. The molecular formula is C25H23ClN6O2S. The number of ether oxygens (including phenoxy) is 1. The molecule has 0 atom stereocenters. The van der Waals surface area contributed by atoms with Crippen molar-refractivity contribution in [2.24, 2.45) is 0 Å². The molecule has 178 valence electrons. The fourth-order valence-electron chi connectivity index (χ4n) is 3.30. The van der Waals surface area contributed by atoms with Crippen LogP contribution in [0.4, 0.5) is 28.8 Å². The van der Waals surface area contributed by atoms with E-state index in [0.29, 0.717) is 46.1 Å². The normalized spacial score (nSPS) is 12.4. The highest BCUT2D eigenvalue weighted by atomic mass is 35.5. The molecule has 4 aromatic rings. The van der Waals surface area contributed by atoms with Gasteiger partial charge in [0.1, 0.15) is 10.8 Å². The van der Waals surface area contributed by atoms with Crippen LogP contribution >= 0.6 is 23.4 Å². The second-order valence-electron chi connectivity index (χ2n) is 7.30. The maximum atomic E-state index is 12.7. The van der Waals surface area contributed by atoms with Crippen LogP contribution in [0.15, 0.2) is 78.1 Å². The maximum Gasteiger partial charge on any atom is 0.255 e. The third-order valence-corrected chi connectivity index (χ3v) is 6.06. The van der Waals surface area contributed by atoms with E-state index in [9.17, 15) is 4.79 Å². The first kappa shape index (κ1) is 24.3. The van der Waals surface area contributed by atoms with Gasteiger partial charge in [-0.25, -0.2) is 4.98 Å². The molecule has 2 aromatic heterocycles. The molecule has 0 saturated heterocycles. The number of halogens is 1. The number of carbonyl (C=O) groups excluding carboxylic acids is 1. The summed E-state index contributed by atoms with van der Waals surface area (Å²) in [6.45, 7) is 0.486. The van der Waals surface area contributed by atoms with E-state index in [1.54, 1.807) is 48.4 Å². The number of carbonyl (C=O) groups is 1. The minimum absolute atomic E-state index is 0. The summed E-state index contributed by atoms with van der Waals surface area (Å²) in [6, 6.07) is 16.7. The van der Waals surface area contributed by atoms with Gasteiger partial charge in [0.05, 0.1) is 12.8 Å². The standard InChI is InChI=1S/C24H19ClN6O2S.CH4/c25-21-14-27-24-30-18-10-17(29-23(32)15-4-6-26-7-5-15)11-19(12-18)33-8-9-34-20-3-1-2-16(13-20)28-22(21)31-24;/h1-7,10-14H,8-9H2,(H,29,32)(H2,27,28,30,31);1H4. The second-order valence-corrected chi connectivity index (χ2v) is 8.88. The largest absolute Gasteiger partial charge is 0.493 e. The van der Waals surface area contributed by atoms with Gasteiger partial charge in [0.15, 0.2) is 5.82 Å². The molecule has 3 heterocycles. The van der Waals surface area contributed by atoms with Crippen LogP contribution in [0.25, 0.3) is 0 Å². The van der Waals surface area contributed by atoms with Gasteiger partial charge >= 0.3 is 0 Å². The predicted octanol–water partition coefficient (Wildman–Crippen LogP) is 6.39. The minimum atomic E-state index is -0.250. The summed E-state index contributed by atoms with van der Waals surface area (Å²) in [5.74, 6) is 1.92. The van der Waals surface area contributed by atoms with E-state index >= 15 is 0 Å². The molecule has 0 fully saturated rings. The lowest BCUT2D eigenvalue weighted by Crippen LogP contribution is -2.12. The molecule has 2 aromatic carbocycles. The smallest absolute Gasteiger partial charge is 0.255 e. The molecule has 0 radical (unpaired) electrons. The first-order valence-corrected chi connectivity index (χ1v) is 11.8. The first-order valence-electron chi connectivity index (χ1n) is 10.4. The van der Waals surface area contributed by atoms with Crippen LogP contribution < -0.4 is 20.7 Å². The van der Waals surface area contributed by atoms with Crippen molar-refractivity contribution < 1.29 is 9.53 Å². The monoisotopic (exact) mass is 506 g/mol. The highest BCUT2D eigenvalue weighted by Gasteiger charge is 2.12. The van der Waals surface area contributed by atoms with Crippen molar-refractivity contribution in [1.29, 1.82) is 0 Å². The van der Waals surface area contributed by atoms with E-state index in [2.05, 4.69) is 30.9 Å². The lowest BCUT2D eigenvalue weighted by molar-refractivity contribution is 0.102. The number of rotatable bonds is 2. The molecule has 5 rings (SSSR count). The van der Waals surface area contributed by atoms with Crippen LogP contribution in [0, 0.1) is 0 Å². The lowest BCUT2D eigenvalue weighted by atomic mass is 10.2. The van der Waals surface area contributed by atoms with Gasteiger partial charge < -0.3 is 20.7 Å². The van der Waals surface area contributed by atoms with E-state index in [1.807, 2.05) is 30.3 Å². The Balaban J connectivity index is 0.00000289. The van der Waals surface area contributed by atoms with Gasteiger partial charge in [0, 0.05) is 57.8 Å². The molecule has 0 unspecified atom stereocenters. The van der Waals surface area contributed by atoms with Gasteiger partial charge in [-0.2, -0.15) is 4.98 Å². The van der Waals surface area contributed by atoms with Gasteiger partial charge in [-0.05, 0) is 36.4 Å². The number of fused-ring (bicyclic) bond motifs is 6. The van der Waals surface area contributed by atoms with Crippen molar-refractivity contribution in [2.75, 3.05) is 28.3 Å². The SMILES string of the molecule is C.O=C(Nc1cc2cc(c1)OCCSc1cccc(c1)Nc1nc(ncc1Cl)N2)c1ccncc1. The number of benzene rings is 2. The molecule has 10 heteroatoms. The molecule has 8 nitrogen and oxygen atoms in total. The molecular weight excluding hydrogens is 484 g/mol. The average molecular weight is 507 g/mol. The lowest BCUT2D eigenvalue weighted by Gasteiger charge is -2.13. The zero-order chi connectivity index (χ0) is 23.3. The minimum Gasteiger partial charge on any atom is -0.493 e. The van der Waals surface area contributed by atoms with Crippen LogP contribution in [0.3, 0.4) is 0 Å². The quantitative estimate of drug-likeness (QED) is 0.287. The fraction of sp³-hybridized carbons (Fsp3) is 0.120. The van der Waals surface area contributed by atoms with Gasteiger partial charge in [0.25, 0.3) is 5.91 Å². The Morgan fingerprint density at radius 2 is 1.91 bits per heavy atom. The van der Waals surface area contributed by atoms with Crippen LogP contribution in [-0.2, 0) is 0 Å². The average Bonchev–Trinajstić information content (AvgIpc) is 2.84. The number of amides is 1. The molecule has 1 aliphatic rings. The van der Waals surface area contributed by atoms with E-state index in [1.165, 1.54) is 6.20 Å². The summed E-state index contributed by atoms with van der Waals surface area (Å²) in [7, 11) is 0. The number of thioether (sulfide) groups is 1. The van der Waals surface area contributed by atoms with Crippen LogP contribution in [0.5, 0.6) is 5.75 Å². The number of aromatic nitrogens is 3. The number of nitrogens with one attached hydrogen (secondary N) is 3. The third kappa shape index (κ3) is 6.20. The highest BCUT2D eigenvalue weighted by molar-refractivity contribution is 7.99. The number of nitrogens with zero attached hydrogens (tertiary/aromatic N) is 3. The molecule has 6 bridgehead atoms. The Hall–Kier alpha value is -3.82. The molecule has 1 aliphatic heterocycles. The van der Waals surface area contributed by atoms with Gasteiger partial charge in [-0.1, -0.05) is 25.1 Å². The van der Waals surface area contributed by atoms with Crippen molar-refractivity contribution in [3.05, 3.63) is 83.8 Å². The number of pyridine rings is 1. The summed E-state index contributed by atoms with van der Waals surface area (Å²) in [5, 5.41) is 9.73. The van der Waals surface area contributed by atoms with Crippen molar-refractivity contribution in [3.8, 4) is 5.75 Å². The summed E-state index contributed by atoms with van der Waals surface area (Å²) < 4.78 is 6.00. The van der Waals surface area contributed by atoms with Crippen LogP contribution in [0.2, 0.25) is 5.02 Å². The third-order valence-electron chi connectivity index (χ3n) is 4.82. The predicted molar refractivity (Wildman–Crippen MR) is 142 cm³/mol. The zero-order valence-corrected chi connectivity index (χ0v) is 19.4. The Morgan fingerprint density at radius 1 is 1.06 bits per heavy atom. The molecule has 0 saturated carbocycles. The Bertz CT molecular complexity index is 1340. The summed E-state index contributed by atoms with van der Waals surface area (Å²) in [4.78, 5) is 26.5. The molecule has 3 N–H and O–H groups in total. The van der Waals surface area contributed by atoms with Crippen LogP contribution in [-0.4, -0.2) is 33.2 Å². The van der Waals surface area contributed by atoms with E-state index in [4.69, 9.17) is 16.3 Å². The van der Waals surface area contributed by atoms with Gasteiger partial charge in [-0.3, -0.25) is 9.78 Å². The maximum absolute atomic E-state index is 12.7. The van der Waals surface area contributed by atoms with Crippen molar-refractivity contribution in [1.82, 2.24) is 15.0 Å². The fourth-order valence-corrected chi connectivity index (χ4v) is 4.22. The summed E-state index contributed by atoms with van der Waals surface area (Å²) in [6.07, 6.45) is 4.68. The van der Waals surface area contributed by atoms with Crippen molar-refractivity contribution in [3.63, 3.8) is 0 Å². The van der Waals surface area contributed by atoms with Crippen molar-refractivity contribution in [2.45, 2.75) is 12.3 Å². The molecule has 35 heavy (non-hydrogen) atoms. The second kappa shape index (κ2) is 11.1. The molecule has 0 aliphatic carbocycles. The van der Waals surface area contributed by atoms with E-state index in [0.717, 1.165) is 16.3 Å². The van der Waals surface area contributed by atoms with Crippen LogP contribution in [0.1, 0.15) is 17.8 Å². The van der Waals surface area contributed by atoms with Gasteiger partial charge in [-0.15, -0.1) is 11.8 Å². The molecule has 0 spiro atoms. The zero-order valence-electron chi connectivity index (χ0n) is 17.8. The summed E-state index contributed by atoms with van der Waals surface area (Å²) >= 11 is 8.01. The van der Waals surface area contributed by atoms with E-state index in [-0.39, 0.29) is 13.3 Å². The number of hydrogen-bond acceptors (Lipinski definition) is 8. The Morgan fingerprint density at radius 3 is 2.77 bits per heavy atom. The highest BCUT2D eigenvalue weighted by Crippen LogP contribution is 2.31. The number of hydrogen-bond donors (Lipinski definition) is 3. The van der Waals surface area contributed by atoms with E-state index < -0.39 is 0 Å². The van der Waals surface area contributed by atoms with Crippen molar-refractivity contribution >= 4 is 58.1 Å². The first-order chi connectivity index (χ1) is 16.6.